The molecule has 0 saturated carbocycles. The molecule has 18 heavy (non-hydrogen) atoms. The largest absolute Gasteiger partial charge is 0.383 e. The molecule has 0 bridgehead atoms. The highest BCUT2D eigenvalue weighted by Gasteiger charge is 2.31. The van der Waals surface area contributed by atoms with Crippen molar-refractivity contribution in [2.45, 2.75) is 19.1 Å². The number of morpholine rings is 1. The number of rotatable bonds is 7. The summed E-state index contributed by atoms with van der Waals surface area (Å²) in [5.41, 5.74) is 0. The van der Waals surface area contributed by atoms with E-state index in [1.165, 1.54) is 0 Å². The van der Waals surface area contributed by atoms with Crippen molar-refractivity contribution in [2.75, 3.05) is 53.7 Å². The zero-order valence-electron chi connectivity index (χ0n) is 11.5. The molecule has 1 fully saturated rings. The Hall–Kier alpha value is -0.690. The van der Waals surface area contributed by atoms with Crippen LogP contribution >= 0.6 is 0 Å². The lowest BCUT2D eigenvalue weighted by Crippen LogP contribution is -2.57. The maximum absolute atomic E-state index is 12.4. The first kappa shape index (κ1) is 15.4. The summed E-state index contributed by atoms with van der Waals surface area (Å²) in [5.74, 6) is 0.0521. The van der Waals surface area contributed by atoms with E-state index >= 15 is 0 Å². The van der Waals surface area contributed by atoms with Gasteiger partial charge in [-0.1, -0.05) is 0 Å². The quantitative estimate of drug-likeness (QED) is 0.668. The van der Waals surface area contributed by atoms with Crippen LogP contribution in [0, 0.1) is 0 Å². The Labute approximate surface area is 109 Å². The van der Waals surface area contributed by atoms with Crippen LogP contribution in [0.15, 0.2) is 0 Å². The molecule has 1 amide bonds. The highest BCUT2D eigenvalue weighted by Crippen LogP contribution is 2.07. The molecule has 1 saturated heterocycles. The molecule has 0 radical (unpaired) electrons. The van der Waals surface area contributed by atoms with Crippen LogP contribution in [0.2, 0.25) is 0 Å². The maximum Gasteiger partial charge on any atom is 0.242 e. The molecule has 0 aromatic rings. The fraction of sp³-hybridized carbons (Fsp3) is 0.917. The lowest BCUT2D eigenvalue weighted by molar-refractivity contribution is -0.140. The predicted molar refractivity (Wildman–Crippen MR) is 67.5 cm³/mol. The Morgan fingerprint density at radius 1 is 1.33 bits per heavy atom. The van der Waals surface area contributed by atoms with Crippen molar-refractivity contribution in [3.8, 4) is 0 Å². The zero-order valence-corrected chi connectivity index (χ0v) is 11.5. The van der Waals surface area contributed by atoms with Crippen LogP contribution in [0.25, 0.3) is 0 Å². The number of carbonyl (C=O) groups is 1. The summed E-state index contributed by atoms with van der Waals surface area (Å²) < 4.78 is 15.6. The van der Waals surface area contributed by atoms with Gasteiger partial charge in [-0.25, -0.2) is 0 Å². The van der Waals surface area contributed by atoms with Gasteiger partial charge in [-0.05, 0) is 6.92 Å². The molecule has 0 aromatic carbocycles. The van der Waals surface area contributed by atoms with Gasteiger partial charge in [0.2, 0.25) is 5.91 Å². The first-order chi connectivity index (χ1) is 8.70. The van der Waals surface area contributed by atoms with E-state index in [4.69, 9.17) is 14.2 Å². The molecular formula is C12H24N2O4. The summed E-state index contributed by atoms with van der Waals surface area (Å²) in [4.78, 5) is 14.2. The number of methoxy groups -OCH3 is 2. The smallest absolute Gasteiger partial charge is 0.242 e. The van der Waals surface area contributed by atoms with Gasteiger partial charge in [0.1, 0.15) is 6.04 Å². The van der Waals surface area contributed by atoms with Crippen LogP contribution in [0.1, 0.15) is 6.92 Å². The Kier molecular flexibility index (Phi) is 7.19. The van der Waals surface area contributed by atoms with Crippen LogP contribution in [-0.4, -0.2) is 76.6 Å². The predicted octanol–water partition coefficient (Wildman–Crippen LogP) is -0.515. The van der Waals surface area contributed by atoms with E-state index in [9.17, 15) is 4.79 Å². The first-order valence-corrected chi connectivity index (χ1v) is 6.32. The second-order valence-corrected chi connectivity index (χ2v) is 4.32. The second kappa shape index (κ2) is 8.42. The van der Waals surface area contributed by atoms with E-state index in [1.807, 2.05) is 6.92 Å². The third kappa shape index (κ3) is 4.53. The number of nitrogens with one attached hydrogen (secondary N) is 1. The van der Waals surface area contributed by atoms with Gasteiger partial charge in [-0.3, -0.25) is 4.79 Å². The SMILES string of the molecule is COCCN(CCOC)C(=O)[C@H]1NCCO[C@@H]1C. The Morgan fingerprint density at radius 3 is 2.44 bits per heavy atom. The van der Waals surface area contributed by atoms with E-state index in [0.29, 0.717) is 39.5 Å². The van der Waals surface area contributed by atoms with Gasteiger partial charge in [0.05, 0.1) is 25.9 Å². The molecule has 2 atom stereocenters. The average molecular weight is 260 g/mol. The minimum atomic E-state index is -0.271. The van der Waals surface area contributed by atoms with Crippen LogP contribution < -0.4 is 5.32 Å². The first-order valence-electron chi connectivity index (χ1n) is 6.32. The van der Waals surface area contributed by atoms with Crippen LogP contribution in [0.5, 0.6) is 0 Å². The second-order valence-electron chi connectivity index (χ2n) is 4.32. The maximum atomic E-state index is 12.4. The molecule has 0 aromatic heterocycles. The van der Waals surface area contributed by atoms with Crippen LogP contribution in [0.3, 0.4) is 0 Å². The van der Waals surface area contributed by atoms with Crippen molar-refractivity contribution in [1.29, 1.82) is 0 Å². The molecule has 106 valence electrons. The molecule has 0 unspecified atom stereocenters. The fourth-order valence-electron chi connectivity index (χ4n) is 1.94. The van der Waals surface area contributed by atoms with Crippen LogP contribution in [0.4, 0.5) is 0 Å². The summed E-state index contributed by atoms with van der Waals surface area (Å²) >= 11 is 0. The van der Waals surface area contributed by atoms with Crippen molar-refractivity contribution in [2.24, 2.45) is 0 Å². The molecule has 0 spiro atoms. The molecule has 1 N–H and O–H groups in total. The summed E-state index contributed by atoms with van der Waals surface area (Å²) in [7, 11) is 3.26. The Bertz CT molecular complexity index is 242. The molecule has 6 heteroatoms. The number of nitrogens with zero attached hydrogens (tertiary/aromatic N) is 1. The molecule has 0 aliphatic carbocycles. The van der Waals surface area contributed by atoms with Gasteiger partial charge in [-0.2, -0.15) is 0 Å². The zero-order chi connectivity index (χ0) is 13.4. The van der Waals surface area contributed by atoms with Crippen LogP contribution in [-0.2, 0) is 19.0 Å². The molecule has 1 aliphatic heterocycles. The Balaban J connectivity index is 2.55. The summed E-state index contributed by atoms with van der Waals surface area (Å²) in [5, 5.41) is 3.20. The molecule has 1 rings (SSSR count). The molecule has 6 nitrogen and oxygen atoms in total. The van der Waals surface area contributed by atoms with Gasteiger partial charge < -0.3 is 24.4 Å². The van der Waals surface area contributed by atoms with Crippen molar-refractivity contribution in [3.63, 3.8) is 0 Å². The minimum absolute atomic E-state index is 0.0521. The van der Waals surface area contributed by atoms with E-state index in [-0.39, 0.29) is 18.1 Å². The van der Waals surface area contributed by atoms with E-state index in [2.05, 4.69) is 5.32 Å². The highest BCUT2D eigenvalue weighted by molar-refractivity contribution is 5.82. The number of carbonyl (C=O) groups excluding carboxylic acids is 1. The standard InChI is InChI=1S/C12H24N2O4/c1-10-11(13-4-7-18-10)12(15)14(5-8-16-2)6-9-17-3/h10-11,13H,4-9H2,1-3H3/t10-,11+/m1/s1. The average Bonchev–Trinajstić information content (AvgIpc) is 2.39. The summed E-state index contributed by atoms with van der Waals surface area (Å²) in [6.45, 7) is 5.48. The van der Waals surface area contributed by atoms with Gasteiger partial charge in [0, 0.05) is 33.9 Å². The van der Waals surface area contributed by atoms with E-state index in [0.717, 1.165) is 0 Å². The monoisotopic (exact) mass is 260 g/mol. The van der Waals surface area contributed by atoms with Gasteiger partial charge in [-0.15, -0.1) is 0 Å². The Morgan fingerprint density at radius 2 is 1.94 bits per heavy atom. The summed E-state index contributed by atoms with van der Waals surface area (Å²) in [6.07, 6.45) is -0.0983. The lowest BCUT2D eigenvalue weighted by Gasteiger charge is -2.33. The highest BCUT2D eigenvalue weighted by atomic mass is 16.5. The minimum Gasteiger partial charge on any atom is -0.383 e. The third-order valence-electron chi connectivity index (χ3n) is 3.02. The third-order valence-corrected chi connectivity index (χ3v) is 3.02. The van der Waals surface area contributed by atoms with Crippen molar-refractivity contribution in [3.05, 3.63) is 0 Å². The topological polar surface area (TPSA) is 60.0 Å². The van der Waals surface area contributed by atoms with Gasteiger partial charge in [0.15, 0.2) is 0 Å². The molecule has 1 heterocycles. The van der Waals surface area contributed by atoms with Crippen molar-refractivity contribution < 1.29 is 19.0 Å². The normalized spacial score (nSPS) is 23.9. The van der Waals surface area contributed by atoms with E-state index in [1.54, 1.807) is 19.1 Å². The van der Waals surface area contributed by atoms with Gasteiger partial charge in [0.25, 0.3) is 0 Å². The lowest BCUT2D eigenvalue weighted by atomic mass is 10.1. The molecule has 1 aliphatic rings. The number of ether oxygens (including phenoxy) is 3. The molecular weight excluding hydrogens is 236 g/mol. The number of hydrogen-bond donors (Lipinski definition) is 1. The fourth-order valence-corrected chi connectivity index (χ4v) is 1.94. The summed E-state index contributed by atoms with van der Waals surface area (Å²) in [6, 6.07) is -0.271. The van der Waals surface area contributed by atoms with Gasteiger partial charge >= 0.3 is 0 Å². The van der Waals surface area contributed by atoms with Crippen molar-refractivity contribution in [1.82, 2.24) is 10.2 Å². The number of hydrogen-bond acceptors (Lipinski definition) is 5. The van der Waals surface area contributed by atoms with Crippen molar-refractivity contribution >= 4 is 5.91 Å². The number of amides is 1. The van der Waals surface area contributed by atoms with E-state index < -0.39 is 0 Å².